The van der Waals surface area contributed by atoms with E-state index in [0.29, 0.717) is 17.2 Å². The lowest BCUT2D eigenvalue weighted by atomic mass is 9.95. The number of nitriles is 1. The number of hydrogen-bond acceptors (Lipinski definition) is 2. The summed E-state index contributed by atoms with van der Waals surface area (Å²) in [5.41, 5.74) is 2.52. The third-order valence-electron chi connectivity index (χ3n) is 4.09. The van der Waals surface area contributed by atoms with Crippen LogP contribution < -0.4 is 10.6 Å². The number of nitrogens with zero attached hydrogens (tertiary/aromatic N) is 1. The number of carbonyl (C=O) groups excluding carboxylic acids is 1. The molecular weight excluding hydrogens is 298 g/mol. The van der Waals surface area contributed by atoms with Crippen molar-refractivity contribution in [1.82, 2.24) is 0 Å². The Bertz CT molecular complexity index is 702. The highest BCUT2D eigenvalue weighted by Gasteiger charge is 2.25. The van der Waals surface area contributed by atoms with Crippen LogP contribution in [0.3, 0.4) is 0 Å². The van der Waals surface area contributed by atoms with Crippen molar-refractivity contribution in [2.24, 2.45) is 5.92 Å². The summed E-state index contributed by atoms with van der Waals surface area (Å²) in [7, 11) is 0. The Morgan fingerprint density at radius 2 is 1.67 bits per heavy atom. The lowest BCUT2D eigenvalue weighted by Gasteiger charge is -2.23. The van der Waals surface area contributed by atoms with E-state index >= 15 is 0 Å². The van der Waals surface area contributed by atoms with Crippen molar-refractivity contribution in [3.63, 3.8) is 0 Å². The molecule has 2 atom stereocenters. The van der Waals surface area contributed by atoms with Crippen molar-refractivity contribution in [1.29, 1.82) is 5.26 Å². The highest BCUT2D eigenvalue weighted by atomic mass is 16.2. The first kappa shape index (κ1) is 17.7. The predicted octanol–water partition coefficient (Wildman–Crippen LogP) is 2.85. The molecule has 4 heteroatoms. The number of hydrogen-bond donors (Lipinski definition) is 2. The van der Waals surface area contributed by atoms with Crippen molar-refractivity contribution < 1.29 is 10.1 Å². The fourth-order valence-corrected chi connectivity index (χ4v) is 2.68. The number of anilines is 1. The Hall–Kier alpha value is -2.64. The molecule has 4 nitrogen and oxygen atoms in total. The molecule has 0 aliphatic heterocycles. The second kappa shape index (κ2) is 8.28. The van der Waals surface area contributed by atoms with Gasteiger partial charge in [-0.05, 0) is 31.2 Å². The van der Waals surface area contributed by atoms with Crippen LogP contribution in [0.5, 0.6) is 0 Å². The molecule has 124 valence electrons. The average Bonchev–Trinajstić information content (AvgIpc) is 2.60. The Balaban J connectivity index is 2.02. The van der Waals surface area contributed by atoms with Crippen LogP contribution in [-0.2, 0) is 4.79 Å². The molecule has 0 aliphatic carbocycles. The van der Waals surface area contributed by atoms with Crippen molar-refractivity contribution in [2.75, 3.05) is 5.32 Å². The van der Waals surface area contributed by atoms with E-state index in [0.717, 1.165) is 0 Å². The Labute approximate surface area is 143 Å². The van der Waals surface area contributed by atoms with Crippen molar-refractivity contribution in [3.05, 3.63) is 65.7 Å². The molecular formula is C20H24N3O+. The van der Waals surface area contributed by atoms with Crippen LogP contribution in [0.2, 0.25) is 0 Å². The minimum atomic E-state index is -0.215. The Morgan fingerprint density at radius 1 is 1.04 bits per heavy atom. The molecule has 0 radical (unpaired) electrons. The van der Waals surface area contributed by atoms with E-state index in [-0.39, 0.29) is 18.0 Å². The third kappa shape index (κ3) is 4.68. The van der Waals surface area contributed by atoms with E-state index in [9.17, 15) is 4.79 Å². The predicted molar refractivity (Wildman–Crippen MR) is 95.2 cm³/mol. The van der Waals surface area contributed by atoms with E-state index in [4.69, 9.17) is 5.26 Å². The van der Waals surface area contributed by atoms with Gasteiger partial charge < -0.3 is 10.6 Å². The molecule has 3 N–H and O–H groups in total. The molecule has 0 aromatic heterocycles. The average molecular weight is 322 g/mol. The molecule has 0 bridgehead atoms. The van der Waals surface area contributed by atoms with Gasteiger partial charge in [0.25, 0.3) is 5.91 Å². The zero-order chi connectivity index (χ0) is 17.5. The van der Waals surface area contributed by atoms with Gasteiger partial charge in [0.1, 0.15) is 6.04 Å². The minimum absolute atomic E-state index is 0.0405. The molecule has 0 spiro atoms. The first-order valence-corrected chi connectivity index (χ1v) is 8.22. The molecule has 1 amide bonds. The summed E-state index contributed by atoms with van der Waals surface area (Å²) in [6.07, 6.45) is 0. The fraction of sp³-hybridized carbons (Fsp3) is 0.300. The summed E-state index contributed by atoms with van der Waals surface area (Å²) in [4.78, 5) is 12.4. The molecule has 2 rings (SSSR count). The van der Waals surface area contributed by atoms with Gasteiger partial charge in [-0.1, -0.05) is 44.2 Å². The highest BCUT2D eigenvalue weighted by Crippen LogP contribution is 2.17. The Morgan fingerprint density at radius 3 is 2.21 bits per heavy atom. The van der Waals surface area contributed by atoms with Crippen molar-refractivity contribution in [3.8, 4) is 6.07 Å². The van der Waals surface area contributed by atoms with E-state index in [1.165, 1.54) is 5.56 Å². The number of nitrogens with two attached hydrogens (primary N) is 1. The standard InChI is InChI=1S/C20H23N3O/c1-14(2)19(17-7-5-4-6-8-17)22-15(3)20(24)23-18-11-9-16(13-21)10-12-18/h4-12,14-15,19,22H,1-3H3,(H,23,24)/p+1/t15-,19+/m1/s1. The van der Waals surface area contributed by atoms with Gasteiger partial charge in [-0.2, -0.15) is 5.26 Å². The quantitative estimate of drug-likeness (QED) is 0.858. The fourth-order valence-electron chi connectivity index (χ4n) is 2.68. The summed E-state index contributed by atoms with van der Waals surface area (Å²) in [6, 6.07) is 19.2. The van der Waals surface area contributed by atoms with Crippen LogP contribution >= 0.6 is 0 Å². The van der Waals surface area contributed by atoms with Gasteiger partial charge in [0.05, 0.1) is 11.6 Å². The maximum absolute atomic E-state index is 12.4. The molecule has 0 heterocycles. The summed E-state index contributed by atoms with van der Waals surface area (Å²) in [6.45, 7) is 6.25. The summed E-state index contributed by atoms with van der Waals surface area (Å²) >= 11 is 0. The Kier molecular flexibility index (Phi) is 6.11. The van der Waals surface area contributed by atoms with Crippen LogP contribution in [0.15, 0.2) is 54.6 Å². The van der Waals surface area contributed by atoms with Crippen molar-refractivity contribution in [2.45, 2.75) is 32.9 Å². The molecule has 0 unspecified atom stereocenters. The first-order chi connectivity index (χ1) is 11.5. The molecule has 0 saturated heterocycles. The highest BCUT2D eigenvalue weighted by molar-refractivity contribution is 5.93. The van der Waals surface area contributed by atoms with E-state index in [1.54, 1.807) is 24.3 Å². The molecule has 2 aromatic rings. The first-order valence-electron chi connectivity index (χ1n) is 8.22. The van der Waals surface area contributed by atoms with E-state index in [1.807, 2.05) is 25.1 Å². The number of rotatable bonds is 6. The van der Waals surface area contributed by atoms with Gasteiger partial charge in [-0.15, -0.1) is 0 Å². The SMILES string of the molecule is CC(C)[C@H]([NH2+][C@H](C)C(=O)Nc1ccc(C#N)cc1)c1ccccc1. The van der Waals surface area contributed by atoms with Crippen LogP contribution in [0, 0.1) is 17.2 Å². The molecule has 0 aliphatic rings. The maximum Gasteiger partial charge on any atom is 0.282 e. The van der Waals surface area contributed by atoms with Gasteiger partial charge in [-0.3, -0.25) is 4.79 Å². The van der Waals surface area contributed by atoms with E-state index in [2.05, 4.69) is 42.7 Å². The largest absolute Gasteiger partial charge is 0.330 e. The molecule has 0 fully saturated rings. The van der Waals surface area contributed by atoms with Crippen LogP contribution in [-0.4, -0.2) is 11.9 Å². The molecule has 0 saturated carbocycles. The minimum Gasteiger partial charge on any atom is -0.330 e. The van der Waals surface area contributed by atoms with Crippen LogP contribution in [0.25, 0.3) is 0 Å². The monoisotopic (exact) mass is 322 g/mol. The van der Waals surface area contributed by atoms with Crippen molar-refractivity contribution >= 4 is 11.6 Å². The zero-order valence-electron chi connectivity index (χ0n) is 14.4. The number of benzene rings is 2. The lowest BCUT2D eigenvalue weighted by molar-refractivity contribution is -0.718. The second-order valence-corrected chi connectivity index (χ2v) is 6.34. The number of carbonyl (C=O) groups is 1. The van der Waals surface area contributed by atoms with Crippen LogP contribution in [0.1, 0.15) is 37.9 Å². The van der Waals surface area contributed by atoms with Crippen LogP contribution in [0.4, 0.5) is 5.69 Å². The normalized spacial score (nSPS) is 13.1. The van der Waals surface area contributed by atoms with Gasteiger partial charge >= 0.3 is 0 Å². The summed E-state index contributed by atoms with van der Waals surface area (Å²) < 4.78 is 0. The van der Waals surface area contributed by atoms with E-state index < -0.39 is 0 Å². The number of quaternary nitrogens is 1. The smallest absolute Gasteiger partial charge is 0.282 e. The van der Waals surface area contributed by atoms with Gasteiger partial charge in [-0.25, -0.2) is 0 Å². The van der Waals surface area contributed by atoms with Gasteiger partial charge in [0, 0.05) is 17.2 Å². The number of nitrogens with one attached hydrogen (secondary N) is 1. The van der Waals surface area contributed by atoms with Gasteiger partial charge in [0.2, 0.25) is 0 Å². The second-order valence-electron chi connectivity index (χ2n) is 6.34. The number of amides is 1. The molecule has 2 aromatic carbocycles. The maximum atomic E-state index is 12.4. The lowest BCUT2D eigenvalue weighted by Crippen LogP contribution is -2.93. The zero-order valence-corrected chi connectivity index (χ0v) is 14.4. The topological polar surface area (TPSA) is 69.5 Å². The summed E-state index contributed by atoms with van der Waals surface area (Å²) in [5.74, 6) is 0.374. The summed E-state index contributed by atoms with van der Waals surface area (Å²) in [5, 5.41) is 13.8. The van der Waals surface area contributed by atoms with Gasteiger partial charge in [0.15, 0.2) is 6.04 Å². The molecule has 24 heavy (non-hydrogen) atoms. The third-order valence-corrected chi connectivity index (χ3v) is 4.09.